The van der Waals surface area contributed by atoms with Crippen molar-refractivity contribution >= 4 is 5.97 Å². The molecule has 0 amide bonds. The van der Waals surface area contributed by atoms with Crippen LogP contribution in [0.1, 0.15) is 29.7 Å². The summed E-state index contributed by atoms with van der Waals surface area (Å²) < 4.78 is 0. The van der Waals surface area contributed by atoms with Gasteiger partial charge in [-0.1, -0.05) is 0 Å². The van der Waals surface area contributed by atoms with Crippen molar-refractivity contribution in [1.82, 2.24) is 4.98 Å². The second-order valence-corrected chi connectivity index (χ2v) is 4.53. The fourth-order valence-electron chi connectivity index (χ4n) is 2.71. The summed E-state index contributed by atoms with van der Waals surface area (Å²) in [5.41, 5.74) is 7.87. The highest BCUT2D eigenvalue weighted by Crippen LogP contribution is 2.45. The third-order valence-corrected chi connectivity index (χ3v) is 3.38. The average molecular weight is 208 g/mol. The van der Waals surface area contributed by atoms with Gasteiger partial charge < -0.3 is 15.8 Å². The van der Waals surface area contributed by atoms with Crippen molar-refractivity contribution in [3.63, 3.8) is 0 Å². The van der Waals surface area contributed by atoms with Crippen LogP contribution < -0.4 is 5.73 Å². The molecular weight excluding hydrogens is 192 g/mol. The van der Waals surface area contributed by atoms with Crippen LogP contribution in [-0.4, -0.2) is 22.1 Å². The van der Waals surface area contributed by atoms with Crippen molar-refractivity contribution in [3.05, 3.63) is 23.0 Å². The lowest BCUT2D eigenvalue weighted by Gasteiger charge is -2.43. The number of aryl methyl sites for hydroxylation is 2. The third-order valence-electron chi connectivity index (χ3n) is 3.38. The Balaban J connectivity index is 2.47. The number of carbonyl (C=O) groups is 1. The predicted molar refractivity (Wildman–Crippen MR) is 56.8 cm³/mol. The van der Waals surface area contributed by atoms with Crippen molar-refractivity contribution in [3.8, 4) is 0 Å². The molecule has 0 saturated heterocycles. The average Bonchev–Trinajstić information content (AvgIpc) is 2.41. The molecule has 15 heavy (non-hydrogen) atoms. The van der Waals surface area contributed by atoms with E-state index in [-0.39, 0.29) is 6.04 Å². The van der Waals surface area contributed by atoms with Crippen LogP contribution >= 0.6 is 0 Å². The first-order valence-electron chi connectivity index (χ1n) is 5.11. The van der Waals surface area contributed by atoms with E-state index >= 15 is 0 Å². The highest BCUT2D eigenvalue weighted by molar-refractivity contribution is 5.84. The molecule has 1 fully saturated rings. The fraction of sp³-hybridized carbons (Fsp3) is 0.545. The summed E-state index contributed by atoms with van der Waals surface area (Å²) in [7, 11) is 0. The Morgan fingerprint density at radius 3 is 2.53 bits per heavy atom. The Kier molecular flexibility index (Phi) is 2.12. The Bertz CT molecular complexity index is 383. The number of aromatic nitrogens is 1. The van der Waals surface area contributed by atoms with Crippen molar-refractivity contribution < 1.29 is 9.90 Å². The molecular formula is C11H16N2O2. The summed E-state index contributed by atoms with van der Waals surface area (Å²) in [6, 6.07) is 0.0230. The summed E-state index contributed by atoms with van der Waals surface area (Å²) in [6.07, 6.45) is 2.95. The molecule has 82 valence electrons. The third kappa shape index (κ3) is 1.28. The second-order valence-electron chi connectivity index (χ2n) is 4.53. The Hall–Kier alpha value is -1.29. The minimum absolute atomic E-state index is 0.0230. The smallest absolute Gasteiger partial charge is 0.314 e. The van der Waals surface area contributed by atoms with Crippen LogP contribution in [0.4, 0.5) is 0 Å². The molecule has 0 unspecified atom stereocenters. The number of hydrogen-bond acceptors (Lipinski definition) is 2. The number of nitrogens with one attached hydrogen (secondary N) is 1. The standard InChI is InChI=1S/C11H16N2O2/c1-6-5-13-7(2)9(6)11(10(14)15)3-8(12)4-11/h5,8,13H,3-4,12H2,1-2H3,(H,14,15). The minimum atomic E-state index is -0.755. The van der Waals surface area contributed by atoms with E-state index in [1.165, 1.54) is 0 Å². The van der Waals surface area contributed by atoms with Gasteiger partial charge in [-0.3, -0.25) is 4.79 Å². The highest BCUT2D eigenvalue weighted by atomic mass is 16.4. The first-order chi connectivity index (χ1) is 6.97. The molecule has 4 N–H and O–H groups in total. The molecule has 0 spiro atoms. The van der Waals surface area contributed by atoms with Crippen molar-refractivity contribution in [1.29, 1.82) is 0 Å². The molecule has 1 heterocycles. The van der Waals surface area contributed by atoms with Crippen LogP contribution in [0.5, 0.6) is 0 Å². The maximum Gasteiger partial charge on any atom is 0.314 e. The van der Waals surface area contributed by atoms with E-state index in [1.54, 1.807) is 0 Å². The van der Waals surface area contributed by atoms with Crippen LogP contribution in [0.15, 0.2) is 6.20 Å². The first kappa shape index (κ1) is 10.2. The maximum atomic E-state index is 11.4. The topological polar surface area (TPSA) is 79.1 Å². The Morgan fingerprint density at radius 2 is 2.20 bits per heavy atom. The molecule has 4 nitrogen and oxygen atoms in total. The van der Waals surface area contributed by atoms with Crippen LogP contribution in [0.25, 0.3) is 0 Å². The van der Waals surface area contributed by atoms with Gasteiger partial charge in [-0.05, 0) is 37.8 Å². The summed E-state index contributed by atoms with van der Waals surface area (Å²) in [6.45, 7) is 3.85. The molecule has 1 aromatic heterocycles. The predicted octanol–water partition coefficient (Wildman–Crippen LogP) is 1.08. The summed E-state index contributed by atoms with van der Waals surface area (Å²) in [5.74, 6) is -0.755. The van der Waals surface area contributed by atoms with Crippen molar-refractivity contribution in [2.75, 3.05) is 0 Å². The zero-order chi connectivity index (χ0) is 11.2. The van der Waals surface area contributed by atoms with Crippen LogP contribution in [0, 0.1) is 13.8 Å². The van der Waals surface area contributed by atoms with Gasteiger partial charge in [0.05, 0.1) is 5.41 Å². The van der Waals surface area contributed by atoms with E-state index < -0.39 is 11.4 Å². The molecule has 0 atom stereocenters. The number of nitrogens with two attached hydrogens (primary N) is 1. The quantitative estimate of drug-likeness (QED) is 0.680. The van der Waals surface area contributed by atoms with Gasteiger partial charge in [-0.25, -0.2) is 0 Å². The van der Waals surface area contributed by atoms with Gasteiger partial charge in [0.2, 0.25) is 0 Å². The maximum absolute atomic E-state index is 11.4. The van der Waals surface area contributed by atoms with Gasteiger partial charge >= 0.3 is 5.97 Å². The Morgan fingerprint density at radius 1 is 1.60 bits per heavy atom. The molecule has 0 aliphatic heterocycles. The van der Waals surface area contributed by atoms with Crippen molar-refractivity contribution in [2.45, 2.75) is 38.1 Å². The fourth-order valence-corrected chi connectivity index (χ4v) is 2.71. The summed E-state index contributed by atoms with van der Waals surface area (Å²) >= 11 is 0. The van der Waals surface area contributed by atoms with E-state index in [9.17, 15) is 9.90 Å². The lowest BCUT2D eigenvalue weighted by Crippen LogP contribution is -2.54. The number of H-pyrrole nitrogens is 1. The number of rotatable bonds is 2. The highest BCUT2D eigenvalue weighted by Gasteiger charge is 2.52. The zero-order valence-electron chi connectivity index (χ0n) is 9.00. The van der Waals surface area contributed by atoms with Gasteiger partial charge in [0.1, 0.15) is 0 Å². The zero-order valence-corrected chi connectivity index (χ0v) is 9.00. The first-order valence-corrected chi connectivity index (χ1v) is 5.11. The number of carboxylic acid groups (broad SMARTS) is 1. The summed E-state index contributed by atoms with van der Waals surface area (Å²) in [4.78, 5) is 14.5. The van der Waals surface area contributed by atoms with Crippen LogP contribution in [0.3, 0.4) is 0 Å². The van der Waals surface area contributed by atoms with Crippen molar-refractivity contribution in [2.24, 2.45) is 5.73 Å². The molecule has 1 aliphatic rings. The monoisotopic (exact) mass is 208 g/mol. The van der Waals surface area contributed by atoms with Gasteiger partial charge in [-0.2, -0.15) is 0 Å². The second kappa shape index (κ2) is 3.10. The van der Waals surface area contributed by atoms with E-state index in [4.69, 9.17) is 5.73 Å². The normalized spacial score (nSPS) is 29.9. The van der Waals surface area contributed by atoms with Crippen LogP contribution in [-0.2, 0) is 10.2 Å². The molecule has 1 aliphatic carbocycles. The molecule has 2 rings (SSSR count). The molecule has 1 saturated carbocycles. The van der Waals surface area contributed by atoms with Gasteiger partial charge in [-0.15, -0.1) is 0 Å². The van der Waals surface area contributed by atoms with E-state index in [0.717, 1.165) is 16.8 Å². The molecule has 0 aromatic carbocycles. The summed E-state index contributed by atoms with van der Waals surface area (Å²) in [5, 5.41) is 9.35. The Labute approximate surface area is 88.5 Å². The van der Waals surface area contributed by atoms with Gasteiger partial charge in [0.25, 0.3) is 0 Å². The SMILES string of the molecule is Cc1c[nH]c(C)c1C1(C(=O)O)CC(N)C1. The van der Waals surface area contributed by atoms with Crippen LogP contribution in [0.2, 0.25) is 0 Å². The largest absolute Gasteiger partial charge is 0.481 e. The molecule has 0 bridgehead atoms. The van der Waals surface area contributed by atoms with E-state index in [1.807, 2.05) is 20.0 Å². The molecule has 0 radical (unpaired) electrons. The van der Waals surface area contributed by atoms with E-state index in [2.05, 4.69) is 4.98 Å². The molecule has 1 aromatic rings. The molecule has 4 heteroatoms. The lowest BCUT2D eigenvalue weighted by molar-refractivity contribution is -0.148. The van der Waals surface area contributed by atoms with Gasteiger partial charge in [0, 0.05) is 17.9 Å². The minimum Gasteiger partial charge on any atom is -0.481 e. The van der Waals surface area contributed by atoms with E-state index in [0.29, 0.717) is 12.8 Å². The number of aliphatic carboxylic acids is 1. The number of hydrogen-bond donors (Lipinski definition) is 3. The number of aromatic amines is 1. The lowest BCUT2D eigenvalue weighted by atomic mass is 9.61. The van der Waals surface area contributed by atoms with Gasteiger partial charge in [0.15, 0.2) is 0 Å². The number of carboxylic acids is 1.